The van der Waals surface area contributed by atoms with E-state index in [0.717, 1.165) is 17.0 Å². The van der Waals surface area contributed by atoms with Crippen LogP contribution in [0, 0.1) is 13.8 Å². The molecule has 0 fully saturated rings. The Hall–Kier alpha value is -2.81. The number of carbonyl (C=O) groups excluding carboxylic acids is 2. The van der Waals surface area contributed by atoms with Crippen LogP contribution in [-0.2, 0) is 20.7 Å². The lowest BCUT2D eigenvalue weighted by Gasteiger charge is -2.11. The number of methoxy groups -OCH3 is 2. The van der Waals surface area contributed by atoms with Gasteiger partial charge in [0, 0.05) is 29.6 Å². The zero-order valence-corrected chi connectivity index (χ0v) is 18.0. The summed E-state index contributed by atoms with van der Waals surface area (Å²) in [5, 5.41) is 3.36. The van der Waals surface area contributed by atoms with Crippen LogP contribution in [0.3, 0.4) is 0 Å². The van der Waals surface area contributed by atoms with Crippen molar-refractivity contribution < 1.29 is 23.8 Å². The van der Waals surface area contributed by atoms with Gasteiger partial charge in [-0.05, 0) is 44.2 Å². The summed E-state index contributed by atoms with van der Waals surface area (Å²) in [6.45, 7) is 3.42. The first-order valence-electron chi connectivity index (χ1n) is 8.93. The van der Waals surface area contributed by atoms with Gasteiger partial charge in [-0.15, -0.1) is 0 Å². The number of amides is 1. The molecule has 1 heterocycles. The molecule has 0 radical (unpaired) electrons. The van der Waals surface area contributed by atoms with Crippen LogP contribution in [-0.4, -0.2) is 48.9 Å². The summed E-state index contributed by atoms with van der Waals surface area (Å²) in [7, 11) is 3.04. The second kappa shape index (κ2) is 10.7. The van der Waals surface area contributed by atoms with E-state index in [-0.39, 0.29) is 13.0 Å². The standard InChI is InChI=1S/C20H25N3O5S/c1-12-15(13(2)22-20(21-12)29-5)7-9-19(25)28-11-18(24)23-14-6-8-16(26-3)17(10-14)27-4/h6,8,10H,7,9,11H2,1-5H3,(H,23,24). The minimum Gasteiger partial charge on any atom is -0.493 e. The number of ether oxygens (including phenoxy) is 3. The second-order valence-corrected chi connectivity index (χ2v) is 6.91. The van der Waals surface area contributed by atoms with Crippen molar-refractivity contribution in [1.29, 1.82) is 0 Å². The van der Waals surface area contributed by atoms with Gasteiger partial charge in [0.1, 0.15) is 0 Å². The lowest BCUT2D eigenvalue weighted by atomic mass is 10.1. The lowest BCUT2D eigenvalue weighted by molar-refractivity contribution is -0.147. The molecule has 0 saturated heterocycles. The van der Waals surface area contributed by atoms with E-state index in [9.17, 15) is 9.59 Å². The summed E-state index contributed by atoms with van der Waals surface area (Å²) >= 11 is 1.47. The Bertz CT molecular complexity index is 865. The number of thioether (sulfide) groups is 1. The Morgan fingerprint density at radius 3 is 2.31 bits per heavy atom. The van der Waals surface area contributed by atoms with Gasteiger partial charge in [-0.25, -0.2) is 9.97 Å². The van der Waals surface area contributed by atoms with Crippen molar-refractivity contribution in [2.24, 2.45) is 0 Å². The van der Waals surface area contributed by atoms with Gasteiger partial charge in [0.15, 0.2) is 23.3 Å². The molecule has 156 valence electrons. The molecule has 2 aromatic rings. The Morgan fingerprint density at radius 1 is 1.07 bits per heavy atom. The summed E-state index contributed by atoms with van der Waals surface area (Å²) < 4.78 is 15.4. The molecular weight excluding hydrogens is 394 g/mol. The first kappa shape index (κ1) is 22.5. The number of carbonyl (C=O) groups is 2. The van der Waals surface area contributed by atoms with Crippen molar-refractivity contribution in [1.82, 2.24) is 9.97 Å². The van der Waals surface area contributed by atoms with E-state index in [2.05, 4.69) is 15.3 Å². The van der Waals surface area contributed by atoms with Crippen LogP contribution in [0.5, 0.6) is 11.5 Å². The maximum atomic E-state index is 12.0. The Balaban J connectivity index is 1.84. The van der Waals surface area contributed by atoms with Gasteiger partial charge in [0.2, 0.25) is 0 Å². The van der Waals surface area contributed by atoms with Crippen molar-refractivity contribution in [2.75, 3.05) is 32.4 Å². The maximum absolute atomic E-state index is 12.0. The number of aromatic nitrogens is 2. The summed E-state index contributed by atoms with van der Waals surface area (Å²) in [5.41, 5.74) is 3.14. The second-order valence-electron chi connectivity index (χ2n) is 6.14. The van der Waals surface area contributed by atoms with Crippen molar-refractivity contribution >= 4 is 29.3 Å². The molecule has 29 heavy (non-hydrogen) atoms. The number of aryl methyl sites for hydroxylation is 2. The number of anilines is 1. The van der Waals surface area contributed by atoms with Crippen LogP contribution in [0.1, 0.15) is 23.4 Å². The average Bonchev–Trinajstić information content (AvgIpc) is 2.71. The minimum absolute atomic E-state index is 0.146. The summed E-state index contributed by atoms with van der Waals surface area (Å²) in [5.74, 6) is 0.144. The minimum atomic E-state index is -0.458. The van der Waals surface area contributed by atoms with E-state index < -0.39 is 11.9 Å². The molecule has 1 aromatic heterocycles. The predicted octanol–water partition coefficient (Wildman–Crippen LogP) is 2.95. The Labute approximate surface area is 174 Å². The van der Waals surface area contributed by atoms with E-state index in [1.807, 2.05) is 20.1 Å². The van der Waals surface area contributed by atoms with Crippen molar-refractivity contribution in [2.45, 2.75) is 31.8 Å². The summed E-state index contributed by atoms with van der Waals surface area (Å²) in [6, 6.07) is 4.97. The summed E-state index contributed by atoms with van der Waals surface area (Å²) in [6.07, 6.45) is 2.52. The number of hydrogen-bond donors (Lipinski definition) is 1. The molecule has 0 bridgehead atoms. The molecule has 9 heteroatoms. The molecular formula is C20H25N3O5S. The van der Waals surface area contributed by atoms with E-state index in [0.29, 0.717) is 28.8 Å². The molecule has 2 rings (SSSR count). The molecule has 1 aromatic carbocycles. The van der Waals surface area contributed by atoms with E-state index in [1.54, 1.807) is 18.2 Å². The normalized spacial score (nSPS) is 10.4. The number of rotatable bonds is 9. The molecule has 8 nitrogen and oxygen atoms in total. The van der Waals surface area contributed by atoms with Crippen LogP contribution in [0.4, 0.5) is 5.69 Å². The van der Waals surface area contributed by atoms with Gasteiger partial charge in [0.25, 0.3) is 5.91 Å². The number of nitrogens with one attached hydrogen (secondary N) is 1. The van der Waals surface area contributed by atoms with Gasteiger partial charge < -0.3 is 19.5 Å². The molecule has 0 aliphatic carbocycles. The maximum Gasteiger partial charge on any atom is 0.306 e. The molecule has 0 atom stereocenters. The smallest absolute Gasteiger partial charge is 0.306 e. The molecule has 0 aliphatic rings. The fourth-order valence-electron chi connectivity index (χ4n) is 2.72. The highest BCUT2D eigenvalue weighted by atomic mass is 32.2. The molecule has 1 amide bonds. The highest BCUT2D eigenvalue weighted by Gasteiger charge is 2.13. The van der Waals surface area contributed by atoms with Gasteiger partial charge in [-0.2, -0.15) is 0 Å². The monoisotopic (exact) mass is 419 g/mol. The summed E-state index contributed by atoms with van der Waals surface area (Å²) in [4.78, 5) is 32.8. The zero-order valence-electron chi connectivity index (χ0n) is 17.2. The third-order valence-electron chi connectivity index (χ3n) is 4.19. The molecule has 1 N–H and O–H groups in total. The third kappa shape index (κ3) is 6.35. The fourth-order valence-corrected chi connectivity index (χ4v) is 3.17. The Morgan fingerprint density at radius 2 is 1.72 bits per heavy atom. The third-order valence-corrected chi connectivity index (χ3v) is 4.74. The average molecular weight is 420 g/mol. The fraction of sp³-hybridized carbons (Fsp3) is 0.400. The lowest BCUT2D eigenvalue weighted by Crippen LogP contribution is -2.21. The molecule has 0 unspecified atom stereocenters. The van der Waals surface area contributed by atoms with E-state index in [1.165, 1.54) is 26.0 Å². The Kier molecular flexibility index (Phi) is 8.26. The van der Waals surface area contributed by atoms with Gasteiger partial charge >= 0.3 is 5.97 Å². The largest absolute Gasteiger partial charge is 0.493 e. The van der Waals surface area contributed by atoms with Crippen LogP contribution < -0.4 is 14.8 Å². The first-order chi connectivity index (χ1) is 13.9. The van der Waals surface area contributed by atoms with Crippen LogP contribution in [0.15, 0.2) is 23.4 Å². The van der Waals surface area contributed by atoms with Gasteiger partial charge in [0.05, 0.1) is 14.2 Å². The van der Waals surface area contributed by atoms with Gasteiger partial charge in [-0.3, -0.25) is 9.59 Å². The van der Waals surface area contributed by atoms with Crippen molar-refractivity contribution in [3.63, 3.8) is 0 Å². The number of esters is 1. The molecule has 0 spiro atoms. The number of hydrogen-bond acceptors (Lipinski definition) is 8. The molecule has 0 aliphatic heterocycles. The zero-order chi connectivity index (χ0) is 21.4. The van der Waals surface area contributed by atoms with Gasteiger partial charge in [-0.1, -0.05) is 11.8 Å². The predicted molar refractivity (Wildman–Crippen MR) is 111 cm³/mol. The van der Waals surface area contributed by atoms with Crippen LogP contribution in [0.2, 0.25) is 0 Å². The van der Waals surface area contributed by atoms with Crippen LogP contribution >= 0.6 is 11.8 Å². The van der Waals surface area contributed by atoms with Crippen molar-refractivity contribution in [3.8, 4) is 11.5 Å². The first-order valence-corrected chi connectivity index (χ1v) is 10.2. The van der Waals surface area contributed by atoms with Crippen LogP contribution in [0.25, 0.3) is 0 Å². The van der Waals surface area contributed by atoms with Crippen molar-refractivity contribution in [3.05, 3.63) is 35.2 Å². The van der Waals surface area contributed by atoms with E-state index >= 15 is 0 Å². The quantitative estimate of drug-likeness (QED) is 0.376. The number of nitrogens with zero attached hydrogens (tertiary/aromatic N) is 2. The highest BCUT2D eigenvalue weighted by molar-refractivity contribution is 7.98. The van der Waals surface area contributed by atoms with E-state index in [4.69, 9.17) is 14.2 Å². The topological polar surface area (TPSA) is 99.6 Å². The highest BCUT2D eigenvalue weighted by Crippen LogP contribution is 2.29. The molecule has 0 saturated carbocycles. The number of benzene rings is 1. The SMILES string of the molecule is COc1ccc(NC(=O)COC(=O)CCc2c(C)nc(SC)nc2C)cc1OC.